The van der Waals surface area contributed by atoms with Gasteiger partial charge in [-0.2, -0.15) is 0 Å². The zero-order valence-corrected chi connectivity index (χ0v) is 14.3. The number of nitrogens with zero attached hydrogens (tertiary/aromatic N) is 2. The van der Waals surface area contributed by atoms with Crippen LogP contribution in [0.5, 0.6) is 0 Å². The quantitative estimate of drug-likeness (QED) is 0.851. The van der Waals surface area contributed by atoms with Crippen molar-refractivity contribution in [1.82, 2.24) is 14.8 Å². The van der Waals surface area contributed by atoms with Gasteiger partial charge in [-0.1, -0.05) is 43.6 Å². The monoisotopic (exact) mass is 321 g/mol. The Balaban J connectivity index is 2.37. The number of carbonyl (C=O) groups excluding carboxylic acids is 1. The Hall–Kier alpha value is -1.52. The standard InChI is InChI=1S/C17H24ClN3O/c1-4-20(5-2)10-11-21-15-9-7-6-8-13(15)14(17(21)18)12-16(22)19-3/h6-9H,4-5,10-12H2,1-3H3,(H,19,22). The summed E-state index contributed by atoms with van der Waals surface area (Å²) in [5.74, 6) is -0.0199. The lowest BCUT2D eigenvalue weighted by atomic mass is 10.1. The van der Waals surface area contributed by atoms with E-state index in [-0.39, 0.29) is 5.91 Å². The van der Waals surface area contributed by atoms with Crippen LogP contribution in [0.25, 0.3) is 10.9 Å². The first kappa shape index (κ1) is 16.8. The van der Waals surface area contributed by atoms with Crippen molar-refractivity contribution in [2.24, 2.45) is 0 Å². The molecule has 4 nitrogen and oxygen atoms in total. The Morgan fingerprint density at radius 2 is 1.95 bits per heavy atom. The van der Waals surface area contributed by atoms with Crippen LogP contribution < -0.4 is 5.32 Å². The number of amides is 1. The van der Waals surface area contributed by atoms with Gasteiger partial charge in [-0.25, -0.2) is 0 Å². The topological polar surface area (TPSA) is 37.3 Å². The fraction of sp³-hybridized carbons (Fsp3) is 0.471. The molecule has 0 atom stereocenters. The minimum atomic E-state index is -0.0199. The molecule has 1 amide bonds. The number of hydrogen-bond donors (Lipinski definition) is 1. The van der Waals surface area contributed by atoms with Crippen LogP contribution in [-0.2, 0) is 17.8 Å². The number of benzene rings is 1. The molecule has 2 rings (SSSR count). The highest BCUT2D eigenvalue weighted by Gasteiger charge is 2.17. The number of hydrogen-bond acceptors (Lipinski definition) is 2. The lowest BCUT2D eigenvalue weighted by Crippen LogP contribution is -2.27. The van der Waals surface area contributed by atoms with Crippen LogP contribution in [0.15, 0.2) is 24.3 Å². The number of likely N-dealkylation sites (N-methyl/N-ethyl adjacent to an activating group) is 2. The van der Waals surface area contributed by atoms with Gasteiger partial charge in [-0.3, -0.25) is 4.79 Å². The summed E-state index contributed by atoms with van der Waals surface area (Å²) in [5, 5.41) is 4.41. The number of rotatable bonds is 7. The third-order valence-electron chi connectivity index (χ3n) is 4.16. The average molecular weight is 322 g/mol. The van der Waals surface area contributed by atoms with Crippen molar-refractivity contribution in [1.29, 1.82) is 0 Å². The van der Waals surface area contributed by atoms with Gasteiger partial charge in [0, 0.05) is 36.6 Å². The van der Waals surface area contributed by atoms with Gasteiger partial charge in [0.1, 0.15) is 5.15 Å². The predicted octanol–water partition coefficient (Wildman–Crippen LogP) is 2.93. The first-order valence-corrected chi connectivity index (χ1v) is 8.18. The molecule has 1 N–H and O–H groups in total. The smallest absolute Gasteiger partial charge is 0.224 e. The minimum absolute atomic E-state index is 0.0199. The van der Waals surface area contributed by atoms with Crippen molar-refractivity contribution >= 4 is 28.4 Å². The van der Waals surface area contributed by atoms with Crippen LogP contribution >= 0.6 is 11.6 Å². The molecular formula is C17H24ClN3O. The Kier molecular flexibility index (Phi) is 5.86. The first-order chi connectivity index (χ1) is 10.6. The van der Waals surface area contributed by atoms with Gasteiger partial charge in [0.2, 0.25) is 5.91 Å². The van der Waals surface area contributed by atoms with Crippen molar-refractivity contribution in [2.45, 2.75) is 26.8 Å². The van der Waals surface area contributed by atoms with E-state index in [0.29, 0.717) is 11.6 Å². The SMILES string of the molecule is CCN(CC)CCn1c(Cl)c(CC(=O)NC)c2ccccc21. The largest absolute Gasteiger partial charge is 0.359 e. The summed E-state index contributed by atoms with van der Waals surface area (Å²) < 4.78 is 2.12. The molecule has 1 aromatic heterocycles. The Bertz CT molecular complexity index is 647. The molecule has 0 aliphatic carbocycles. The lowest BCUT2D eigenvalue weighted by molar-refractivity contribution is -0.119. The van der Waals surface area contributed by atoms with Crippen LogP contribution in [0.4, 0.5) is 0 Å². The van der Waals surface area contributed by atoms with Gasteiger partial charge in [0.15, 0.2) is 0 Å². The molecule has 0 spiro atoms. The molecule has 1 aromatic carbocycles. The third-order valence-corrected chi connectivity index (χ3v) is 4.59. The van der Waals surface area contributed by atoms with Crippen LogP contribution in [-0.4, -0.2) is 42.1 Å². The number of fused-ring (bicyclic) bond motifs is 1. The predicted molar refractivity (Wildman–Crippen MR) is 92.5 cm³/mol. The van der Waals surface area contributed by atoms with Gasteiger partial charge in [-0.15, -0.1) is 0 Å². The van der Waals surface area contributed by atoms with Crippen molar-refractivity contribution in [3.63, 3.8) is 0 Å². The van der Waals surface area contributed by atoms with E-state index in [0.717, 1.165) is 42.6 Å². The molecule has 1 heterocycles. The lowest BCUT2D eigenvalue weighted by Gasteiger charge is -2.19. The first-order valence-electron chi connectivity index (χ1n) is 7.80. The van der Waals surface area contributed by atoms with Crippen molar-refractivity contribution in [3.8, 4) is 0 Å². The Morgan fingerprint density at radius 1 is 1.27 bits per heavy atom. The molecule has 120 valence electrons. The highest BCUT2D eigenvalue weighted by atomic mass is 35.5. The molecule has 0 radical (unpaired) electrons. The fourth-order valence-electron chi connectivity index (χ4n) is 2.76. The molecular weight excluding hydrogens is 298 g/mol. The van der Waals surface area contributed by atoms with E-state index in [4.69, 9.17) is 11.6 Å². The molecule has 0 fully saturated rings. The number of carbonyl (C=O) groups is 1. The van der Waals surface area contributed by atoms with Crippen LogP contribution in [0.3, 0.4) is 0 Å². The summed E-state index contributed by atoms with van der Waals surface area (Å²) in [5.41, 5.74) is 2.01. The Labute approximate surface area is 137 Å². The van der Waals surface area contributed by atoms with Crippen LogP contribution in [0.1, 0.15) is 19.4 Å². The van der Waals surface area contributed by atoms with Gasteiger partial charge in [0.25, 0.3) is 0 Å². The van der Waals surface area contributed by atoms with E-state index in [9.17, 15) is 4.79 Å². The van der Waals surface area contributed by atoms with E-state index in [1.165, 1.54) is 0 Å². The van der Waals surface area contributed by atoms with Gasteiger partial charge < -0.3 is 14.8 Å². The van der Waals surface area contributed by atoms with Gasteiger partial charge in [0.05, 0.1) is 6.42 Å². The van der Waals surface area contributed by atoms with E-state index < -0.39 is 0 Å². The zero-order valence-electron chi connectivity index (χ0n) is 13.5. The minimum Gasteiger partial charge on any atom is -0.359 e. The number of aromatic nitrogens is 1. The second kappa shape index (κ2) is 7.65. The van der Waals surface area contributed by atoms with Crippen molar-refractivity contribution in [3.05, 3.63) is 35.0 Å². The highest BCUT2D eigenvalue weighted by molar-refractivity contribution is 6.32. The summed E-state index contributed by atoms with van der Waals surface area (Å²) in [6.45, 7) is 8.15. The second-order valence-electron chi connectivity index (χ2n) is 5.31. The summed E-state index contributed by atoms with van der Waals surface area (Å²) in [7, 11) is 1.65. The number of halogens is 1. The number of nitrogens with one attached hydrogen (secondary N) is 1. The van der Waals surface area contributed by atoms with E-state index in [2.05, 4.69) is 34.7 Å². The maximum absolute atomic E-state index is 11.8. The molecule has 0 aliphatic rings. The fourth-order valence-corrected chi connectivity index (χ4v) is 3.11. The summed E-state index contributed by atoms with van der Waals surface area (Å²) in [6.07, 6.45) is 0.314. The molecule has 5 heteroatoms. The normalized spacial score (nSPS) is 11.3. The highest BCUT2D eigenvalue weighted by Crippen LogP contribution is 2.30. The van der Waals surface area contributed by atoms with Gasteiger partial charge >= 0.3 is 0 Å². The molecule has 0 unspecified atom stereocenters. The molecule has 2 aromatic rings. The van der Waals surface area contributed by atoms with E-state index in [1.807, 2.05) is 18.2 Å². The third kappa shape index (κ3) is 3.45. The maximum Gasteiger partial charge on any atom is 0.224 e. The Morgan fingerprint density at radius 3 is 2.59 bits per heavy atom. The maximum atomic E-state index is 11.8. The van der Waals surface area contributed by atoms with Crippen molar-refractivity contribution in [2.75, 3.05) is 26.7 Å². The summed E-state index contributed by atoms with van der Waals surface area (Å²) in [4.78, 5) is 14.1. The molecule has 0 aliphatic heterocycles. The summed E-state index contributed by atoms with van der Waals surface area (Å²) in [6, 6.07) is 8.10. The summed E-state index contributed by atoms with van der Waals surface area (Å²) >= 11 is 6.59. The zero-order chi connectivity index (χ0) is 16.1. The molecule has 0 saturated heterocycles. The van der Waals surface area contributed by atoms with E-state index >= 15 is 0 Å². The van der Waals surface area contributed by atoms with Crippen LogP contribution in [0.2, 0.25) is 5.15 Å². The van der Waals surface area contributed by atoms with E-state index in [1.54, 1.807) is 7.05 Å². The van der Waals surface area contributed by atoms with Crippen LogP contribution in [0, 0.1) is 0 Å². The second-order valence-corrected chi connectivity index (χ2v) is 5.67. The molecule has 22 heavy (non-hydrogen) atoms. The average Bonchev–Trinajstić information content (AvgIpc) is 2.81. The number of para-hydroxylation sites is 1. The van der Waals surface area contributed by atoms with Crippen molar-refractivity contribution < 1.29 is 4.79 Å². The molecule has 0 bridgehead atoms. The van der Waals surface area contributed by atoms with Gasteiger partial charge in [-0.05, 0) is 19.2 Å². The molecule has 0 saturated carbocycles.